The molecule has 1 fully saturated rings. The van der Waals surface area contributed by atoms with Gasteiger partial charge in [-0.15, -0.1) is 0 Å². The fourth-order valence-corrected chi connectivity index (χ4v) is 6.00. The largest absolute Gasteiger partial charge is 0.0683 e. The van der Waals surface area contributed by atoms with Crippen molar-refractivity contribution in [1.29, 1.82) is 0 Å². The number of rotatable bonds is 10. The van der Waals surface area contributed by atoms with Crippen LogP contribution in [0.2, 0.25) is 0 Å². The van der Waals surface area contributed by atoms with Crippen molar-refractivity contribution in [3.63, 3.8) is 0 Å². The molecule has 1 saturated heterocycles. The fourth-order valence-electron chi connectivity index (χ4n) is 4.11. The standard InChI is InChI=1S/C23H31N4.C7H8.C6H6.8C2H6.Hg/c1-8-24-23-11-9-22(10-12-23)16-27-20(6)19(5)26(21(27)7)15-18(4)25-14-13-17(2)3;1-7-5-3-2-4-6-7;1-2-4-6-5-3-1;8*1-2;/h8-12,24-25H,1-2,4-5,7,13-16H2,3,6H3;2-6H,1H3;1-6H;8*1-2H3;. The monoisotopic (exact) mass is 976 g/mol. The van der Waals surface area contributed by atoms with Gasteiger partial charge in [-0.3, -0.25) is 0 Å². The maximum Gasteiger partial charge on any atom is -0.0398 e. The third kappa shape index (κ3) is 35.4. The minimum Gasteiger partial charge on any atom is -0.0683 e. The van der Waals surface area contributed by atoms with E-state index in [9.17, 15) is 0 Å². The van der Waals surface area contributed by atoms with Crippen LogP contribution in [0.15, 0.2) is 153 Å². The Morgan fingerprint density at radius 3 is 1.39 bits per heavy atom. The Bertz CT molecular complexity index is 1240. The molecule has 5 heteroatoms. The zero-order chi connectivity index (χ0) is 46.3. The van der Waals surface area contributed by atoms with Crippen LogP contribution in [-0.2, 0) is 32.7 Å². The maximum absolute atomic E-state index is 4.40. The van der Waals surface area contributed by atoms with Crippen LogP contribution in [0, 0.1) is 6.92 Å². The zero-order valence-corrected chi connectivity index (χ0v) is 46.7. The molecule has 4 rings (SSSR count). The first kappa shape index (κ1) is 68.2. The number of nitrogens with zero attached hydrogens (tertiary/aromatic N) is 2. The minimum absolute atomic E-state index is 0.0207. The average molecular weight is 975 g/mol. The van der Waals surface area contributed by atoms with Gasteiger partial charge in [0.15, 0.2) is 0 Å². The van der Waals surface area contributed by atoms with E-state index in [1.165, 1.54) is 16.7 Å². The van der Waals surface area contributed by atoms with Gasteiger partial charge < -0.3 is 0 Å². The first-order valence-corrected chi connectivity index (χ1v) is 24.6. The van der Waals surface area contributed by atoms with Crippen molar-refractivity contribution in [3.05, 3.63) is 164 Å². The quantitative estimate of drug-likeness (QED) is 0.157. The van der Waals surface area contributed by atoms with Crippen molar-refractivity contribution in [2.75, 3.05) is 18.4 Å². The molecule has 4 nitrogen and oxygen atoms in total. The number of anilines is 1. The van der Waals surface area contributed by atoms with Gasteiger partial charge in [-0.05, 0) is 6.92 Å². The number of nitrogens with one attached hydrogen (secondary N) is 2. The normalized spacial score (nSPS) is 12.1. The summed E-state index contributed by atoms with van der Waals surface area (Å²) in [5.74, 6) is 0.999. The number of benzene rings is 3. The average Bonchev–Trinajstić information content (AvgIpc) is 3.43. The molecular formula is C52H93HgN4. The molecule has 1 heterocycles. The summed E-state index contributed by atoms with van der Waals surface area (Å²) in [6.07, 6.45) is 2.64. The van der Waals surface area contributed by atoms with Crippen molar-refractivity contribution < 1.29 is 26.1 Å². The van der Waals surface area contributed by atoms with E-state index in [0.29, 0.717) is 32.7 Å². The fraction of sp³-hybridized carbons (Fsp3) is 0.462. The molecule has 0 bridgehead atoms. The SMILES string of the molecule is C=CNc1ccc(CN2C(=C)N(CC(=C)NCCC(=C)C)C(=C)[C]2(C)[Hg])cc1.CC.CC.CC.CC.CC.CC.CC.CC.Cc1ccccc1.c1ccccc1. The van der Waals surface area contributed by atoms with Crippen molar-refractivity contribution >= 4 is 5.69 Å². The van der Waals surface area contributed by atoms with Gasteiger partial charge in [-0.1, -0.05) is 183 Å². The molecule has 0 amide bonds. The van der Waals surface area contributed by atoms with Gasteiger partial charge in [0.05, 0.1) is 0 Å². The third-order valence-electron chi connectivity index (χ3n) is 6.61. The van der Waals surface area contributed by atoms with E-state index >= 15 is 0 Å². The van der Waals surface area contributed by atoms with E-state index in [-0.39, 0.29) is 3.05 Å². The van der Waals surface area contributed by atoms with Gasteiger partial charge in [-0.2, -0.15) is 0 Å². The Kier molecular flexibility index (Phi) is 62.8. The second-order valence-electron chi connectivity index (χ2n) is 10.4. The summed E-state index contributed by atoms with van der Waals surface area (Å²) in [6, 6.07) is 30.7. The maximum atomic E-state index is 4.40. The summed E-state index contributed by atoms with van der Waals surface area (Å²) < 4.78 is -0.0207. The molecule has 0 radical (unpaired) electrons. The van der Waals surface area contributed by atoms with Gasteiger partial charge in [-0.25, -0.2) is 0 Å². The van der Waals surface area contributed by atoms with Crippen LogP contribution in [0.3, 0.4) is 0 Å². The molecule has 3 aromatic rings. The summed E-state index contributed by atoms with van der Waals surface area (Å²) in [6.45, 7) is 61.4. The summed E-state index contributed by atoms with van der Waals surface area (Å²) >= 11 is 0.460. The summed E-state index contributed by atoms with van der Waals surface area (Å²) in [5.41, 5.74) is 6.89. The van der Waals surface area contributed by atoms with Gasteiger partial charge in [0.2, 0.25) is 0 Å². The van der Waals surface area contributed by atoms with Crippen LogP contribution in [0.5, 0.6) is 0 Å². The molecule has 0 aliphatic carbocycles. The Labute approximate surface area is 374 Å². The molecule has 1 aliphatic heterocycles. The van der Waals surface area contributed by atoms with Crippen LogP contribution in [0.1, 0.15) is 142 Å². The molecule has 323 valence electrons. The van der Waals surface area contributed by atoms with E-state index in [2.05, 4.69) is 104 Å². The molecule has 3 aromatic carbocycles. The van der Waals surface area contributed by atoms with Crippen LogP contribution in [0.4, 0.5) is 5.69 Å². The number of hydrogen-bond donors (Lipinski definition) is 2. The summed E-state index contributed by atoms with van der Waals surface area (Å²) in [4.78, 5) is 4.59. The summed E-state index contributed by atoms with van der Waals surface area (Å²) in [5, 5.41) is 6.51. The molecule has 2 N–H and O–H groups in total. The molecule has 57 heavy (non-hydrogen) atoms. The second kappa shape index (κ2) is 52.5. The van der Waals surface area contributed by atoms with E-state index in [1.54, 1.807) is 6.20 Å². The van der Waals surface area contributed by atoms with Gasteiger partial charge in [0, 0.05) is 0 Å². The van der Waals surface area contributed by atoms with Crippen LogP contribution < -0.4 is 10.6 Å². The predicted octanol–water partition coefficient (Wildman–Crippen LogP) is 16.6. The molecule has 1 unspecified atom stereocenters. The Morgan fingerprint density at radius 2 is 1.05 bits per heavy atom. The predicted molar refractivity (Wildman–Crippen MR) is 264 cm³/mol. The smallest absolute Gasteiger partial charge is 0.0398 e. The first-order valence-electron chi connectivity index (χ1n) is 21.9. The number of aryl methyl sites for hydroxylation is 1. The van der Waals surface area contributed by atoms with Gasteiger partial charge in [0.1, 0.15) is 0 Å². The van der Waals surface area contributed by atoms with Crippen molar-refractivity contribution in [2.24, 2.45) is 0 Å². The van der Waals surface area contributed by atoms with Crippen molar-refractivity contribution in [1.82, 2.24) is 15.1 Å². The minimum atomic E-state index is -0.0207. The molecular weight excluding hydrogens is 881 g/mol. The van der Waals surface area contributed by atoms with Crippen LogP contribution in [-0.4, -0.2) is 25.9 Å². The van der Waals surface area contributed by atoms with Crippen LogP contribution >= 0.6 is 0 Å². The van der Waals surface area contributed by atoms with E-state index in [1.807, 2.05) is 172 Å². The van der Waals surface area contributed by atoms with Crippen LogP contribution in [0.25, 0.3) is 0 Å². The Morgan fingerprint density at radius 1 is 0.667 bits per heavy atom. The molecule has 1 aliphatic rings. The van der Waals surface area contributed by atoms with Gasteiger partial charge >= 0.3 is 187 Å². The summed E-state index contributed by atoms with van der Waals surface area (Å²) in [7, 11) is 0. The Hall–Kier alpha value is -3.50. The van der Waals surface area contributed by atoms with E-state index in [0.717, 1.165) is 42.4 Å². The van der Waals surface area contributed by atoms with Gasteiger partial charge in [0.25, 0.3) is 0 Å². The van der Waals surface area contributed by atoms with E-state index < -0.39 is 0 Å². The third-order valence-corrected chi connectivity index (χ3v) is 9.68. The topological polar surface area (TPSA) is 30.5 Å². The Balaban J connectivity index is -0.000000140. The molecule has 0 saturated carbocycles. The molecule has 0 spiro atoms. The second-order valence-corrected chi connectivity index (χ2v) is 15.8. The number of hydrogen-bond acceptors (Lipinski definition) is 4. The van der Waals surface area contributed by atoms with Crippen molar-refractivity contribution in [2.45, 2.75) is 148 Å². The molecule has 1 atom stereocenters. The zero-order valence-electron chi connectivity index (χ0n) is 41.2. The van der Waals surface area contributed by atoms with E-state index in [4.69, 9.17) is 0 Å². The van der Waals surface area contributed by atoms with Crippen molar-refractivity contribution in [3.8, 4) is 0 Å². The first-order chi connectivity index (χ1) is 27.6. The molecule has 0 aromatic heterocycles.